The molecule has 3 heterocycles. The summed E-state index contributed by atoms with van der Waals surface area (Å²) in [4.78, 5) is 17.9. The molecule has 0 aliphatic carbocycles. The van der Waals surface area contributed by atoms with Crippen LogP contribution in [0.1, 0.15) is 5.56 Å². The van der Waals surface area contributed by atoms with E-state index in [1.54, 1.807) is 12.5 Å². The molecule has 0 saturated carbocycles. The van der Waals surface area contributed by atoms with Crippen molar-refractivity contribution >= 4 is 23.1 Å². The number of aromatic nitrogens is 4. The van der Waals surface area contributed by atoms with Crippen LogP contribution in [-0.2, 0) is 11.3 Å². The number of rotatable bonds is 4. The van der Waals surface area contributed by atoms with E-state index in [0.29, 0.717) is 31.1 Å². The first kappa shape index (κ1) is 14.4. The van der Waals surface area contributed by atoms with E-state index in [2.05, 4.69) is 42.8 Å². The summed E-state index contributed by atoms with van der Waals surface area (Å²) in [7, 11) is 0. The highest BCUT2D eigenvalue weighted by molar-refractivity contribution is 5.82. The molecule has 4 rings (SSSR count). The Bertz CT molecular complexity index is 858. The minimum Gasteiger partial charge on any atom is -0.363 e. The molecular weight excluding hydrogens is 306 g/mol. The van der Waals surface area contributed by atoms with Gasteiger partial charge in [-0.1, -0.05) is 12.1 Å². The largest absolute Gasteiger partial charge is 0.363 e. The lowest BCUT2D eigenvalue weighted by Gasteiger charge is -2.28. The predicted octanol–water partition coefficient (Wildman–Crippen LogP) is 0.673. The first-order valence-electron chi connectivity index (χ1n) is 7.78. The molecule has 122 valence electrons. The van der Waals surface area contributed by atoms with Crippen molar-refractivity contribution in [3.05, 3.63) is 48.5 Å². The molecule has 8 nitrogen and oxygen atoms in total. The Kier molecular flexibility index (Phi) is 3.70. The summed E-state index contributed by atoms with van der Waals surface area (Å²) in [6, 6.07) is 8.19. The van der Waals surface area contributed by atoms with Crippen LogP contribution < -0.4 is 15.5 Å². The topological polar surface area (TPSA) is 87.5 Å². The van der Waals surface area contributed by atoms with Gasteiger partial charge in [0.05, 0.1) is 6.54 Å². The normalized spacial score (nSPS) is 14.7. The molecule has 0 unspecified atom stereocenters. The number of carbonyl (C=O) groups is 1. The van der Waals surface area contributed by atoms with E-state index < -0.39 is 0 Å². The minimum atomic E-state index is 0.0690. The van der Waals surface area contributed by atoms with Gasteiger partial charge < -0.3 is 15.5 Å². The van der Waals surface area contributed by atoms with Gasteiger partial charge in [-0.2, -0.15) is 0 Å². The number of benzene rings is 1. The molecule has 1 aliphatic rings. The maximum Gasteiger partial charge on any atom is 0.239 e. The Morgan fingerprint density at radius 2 is 2.12 bits per heavy atom. The van der Waals surface area contributed by atoms with Crippen molar-refractivity contribution in [1.29, 1.82) is 0 Å². The molecule has 0 spiro atoms. The molecular formula is C16H17N7O. The maximum atomic E-state index is 11.5. The predicted molar refractivity (Wildman–Crippen MR) is 89.8 cm³/mol. The fourth-order valence-electron chi connectivity index (χ4n) is 2.75. The van der Waals surface area contributed by atoms with Gasteiger partial charge in [-0.25, -0.2) is 4.98 Å². The van der Waals surface area contributed by atoms with Gasteiger partial charge in [-0.15, -0.1) is 10.2 Å². The third-order valence-corrected chi connectivity index (χ3v) is 4.02. The minimum absolute atomic E-state index is 0.0690. The lowest BCUT2D eigenvalue weighted by molar-refractivity contribution is -0.120. The maximum absolute atomic E-state index is 11.5. The molecule has 1 saturated heterocycles. The van der Waals surface area contributed by atoms with E-state index in [4.69, 9.17) is 0 Å². The summed E-state index contributed by atoms with van der Waals surface area (Å²) < 4.78 is 1.82. The van der Waals surface area contributed by atoms with Crippen molar-refractivity contribution in [2.24, 2.45) is 0 Å². The molecule has 8 heteroatoms. The van der Waals surface area contributed by atoms with Gasteiger partial charge in [0.25, 0.3) is 0 Å². The second-order valence-corrected chi connectivity index (χ2v) is 5.63. The number of carbonyl (C=O) groups excluding carboxylic acids is 1. The number of fused-ring (bicyclic) bond motifs is 1. The molecule has 1 aliphatic heterocycles. The molecule has 0 bridgehead atoms. The lowest BCUT2D eigenvalue weighted by atomic mass is 10.2. The smallest absolute Gasteiger partial charge is 0.239 e. The third kappa shape index (κ3) is 2.85. The lowest BCUT2D eigenvalue weighted by Crippen LogP contribution is -2.47. The second kappa shape index (κ2) is 6.15. The number of nitrogens with zero attached hydrogens (tertiary/aromatic N) is 5. The summed E-state index contributed by atoms with van der Waals surface area (Å²) in [5.41, 5.74) is 2.89. The summed E-state index contributed by atoms with van der Waals surface area (Å²) in [5.74, 6) is 0.770. The SMILES string of the molecule is O=C1CN(c2ccc(CNc3nccn4cnnc34)cc2)CCN1. The first-order chi connectivity index (χ1) is 11.8. The summed E-state index contributed by atoms with van der Waals surface area (Å²) >= 11 is 0. The fraction of sp³-hybridized carbons (Fsp3) is 0.250. The third-order valence-electron chi connectivity index (χ3n) is 4.02. The van der Waals surface area contributed by atoms with Crippen molar-refractivity contribution in [3.8, 4) is 0 Å². The first-order valence-corrected chi connectivity index (χ1v) is 7.78. The second-order valence-electron chi connectivity index (χ2n) is 5.63. The van der Waals surface area contributed by atoms with Crippen LogP contribution in [0.3, 0.4) is 0 Å². The Balaban J connectivity index is 1.44. The molecule has 2 aromatic heterocycles. The zero-order valence-corrected chi connectivity index (χ0v) is 13.0. The van der Waals surface area contributed by atoms with Crippen molar-refractivity contribution in [1.82, 2.24) is 24.9 Å². The highest BCUT2D eigenvalue weighted by Gasteiger charge is 2.16. The van der Waals surface area contributed by atoms with Crippen LogP contribution in [0.5, 0.6) is 0 Å². The molecule has 1 aromatic carbocycles. The van der Waals surface area contributed by atoms with Gasteiger partial charge in [0.15, 0.2) is 5.82 Å². The molecule has 2 N–H and O–H groups in total. The molecule has 1 fully saturated rings. The van der Waals surface area contributed by atoms with E-state index in [9.17, 15) is 4.79 Å². The monoisotopic (exact) mass is 323 g/mol. The molecule has 1 amide bonds. The summed E-state index contributed by atoms with van der Waals surface area (Å²) in [6.07, 6.45) is 5.17. The average molecular weight is 323 g/mol. The number of hydrogen-bond acceptors (Lipinski definition) is 6. The van der Waals surface area contributed by atoms with Crippen LogP contribution in [-0.4, -0.2) is 45.1 Å². The highest BCUT2D eigenvalue weighted by atomic mass is 16.2. The van der Waals surface area contributed by atoms with Gasteiger partial charge in [0.1, 0.15) is 6.33 Å². The van der Waals surface area contributed by atoms with E-state index in [0.717, 1.165) is 17.8 Å². The van der Waals surface area contributed by atoms with E-state index in [1.165, 1.54) is 0 Å². The van der Waals surface area contributed by atoms with Crippen LogP contribution in [0, 0.1) is 0 Å². The van der Waals surface area contributed by atoms with Crippen LogP contribution >= 0.6 is 0 Å². The Labute approximate surface area is 138 Å². The zero-order valence-electron chi connectivity index (χ0n) is 13.0. The Morgan fingerprint density at radius 1 is 1.25 bits per heavy atom. The van der Waals surface area contributed by atoms with Crippen molar-refractivity contribution in [2.45, 2.75) is 6.54 Å². The number of hydrogen-bond donors (Lipinski definition) is 2. The van der Waals surface area contributed by atoms with Gasteiger partial charge in [0.2, 0.25) is 11.6 Å². The van der Waals surface area contributed by atoms with Gasteiger partial charge in [0, 0.05) is 37.7 Å². The van der Waals surface area contributed by atoms with E-state index >= 15 is 0 Å². The van der Waals surface area contributed by atoms with Gasteiger partial charge in [-0.3, -0.25) is 9.20 Å². The van der Waals surface area contributed by atoms with Crippen molar-refractivity contribution in [3.63, 3.8) is 0 Å². The molecule has 24 heavy (non-hydrogen) atoms. The quantitative estimate of drug-likeness (QED) is 0.734. The average Bonchev–Trinajstić information content (AvgIpc) is 3.10. The van der Waals surface area contributed by atoms with E-state index in [-0.39, 0.29) is 5.91 Å². The van der Waals surface area contributed by atoms with Gasteiger partial charge >= 0.3 is 0 Å². The molecule has 3 aromatic rings. The number of amides is 1. The summed E-state index contributed by atoms with van der Waals surface area (Å²) in [6.45, 7) is 2.58. The fourth-order valence-corrected chi connectivity index (χ4v) is 2.75. The standard InChI is InChI=1S/C16H17N7O/c24-14-10-22(7-5-17-14)13-3-1-12(2-4-13)9-19-15-16-21-20-11-23(16)8-6-18-15/h1-4,6,8,11H,5,7,9-10H2,(H,17,24)(H,18,19). The molecule has 0 atom stereocenters. The van der Waals surface area contributed by atoms with Gasteiger partial charge in [-0.05, 0) is 17.7 Å². The number of piperazine rings is 1. The Morgan fingerprint density at radius 3 is 2.96 bits per heavy atom. The Hall–Kier alpha value is -3.16. The van der Waals surface area contributed by atoms with E-state index in [1.807, 2.05) is 22.7 Å². The highest BCUT2D eigenvalue weighted by Crippen LogP contribution is 2.17. The number of nitrogens with one attached hydrogen (secondary N) is 2. The van der Waals surface area contributed by atoms with Crippen LogP contribution in [0.4, 0.5) is 11.5 Å². The molecule has 0 radical (unpaired) electrons. The zero-order chi connectivity index (χ0) is 16.4. The number of anilines is 2. The van der Waals surface area contributed by atoms with Crippen LogP contribution in [0.15, 0.2) is 43.0 Å². The summed E-state index contributed by atoms with van der Waals surface area (Å²) in [5, 5.41) is 14.1. The van der Waals surface area contributed by atoms with Crippen molar-refractivity contribution in [2.75, 3.05) is 29.9 Å². The van der Waals surface area contributed by atoms with Crippen molar-refractivity contribution < 1.29 is 4.79 Å². The van der Waals surface area contributed by atoms with Crippen LogP contribution in [0.25, 0.3) is 5.65 Å². The van der Waals surface area contributed by atoms with Crippen LogP contribution in [0.2, 0.25) is 0 Å².